The summed E-state index contributed by atoms with van der Waals surface area (Å²) in [6.07, 6.45) is 0. The lowest BCUT2D eigenvalue weighted by Gasteiger charge is -2.18. The number of nitrogens with zero attached hydrogens (tertiary/aromatic N) is 1. The number of benzene rings is 3. The average Bonchev–Trinajstić information content (AvgIpc) is 2.99. The van der Waals surface area contributed by atoms with Crippen LogP contribution >= 0.6 is 0 Å². The molecule has 0 radical (unpaired) electrons. The van der Waals surface area contributed by atoms with Gasteiger partial charge in [0.15, 0.2) is 17.2 Å². The zero-order chi connectivity index (χ0) is 20.5. The van der Waals surface area contributed by atoms with Gasteiger partial charge in [-0.1, -0.05) is 30.3 Å². The summed E-state index contributed by atoms with van der Waals surface area (Å²) in [7, 11) is 1.36. The minimum Gasteiger partial charge on any atom is -0.504 e. The SMILES string of the molecule is COc1cccc(C(=O)Oc2ccccc2N2C(=O)c3ccccc3C2=O)c1O. The number of amides is 2. The highest BCUT2D eigenvalue weighted by Gasteiger charge is 2.38. The molecule has 0 aromatic heterocycles. The summed E-state index contributed by atoms with van der Waals surface area (Å²) in [5, 5.41) is 10.2. The molecule has 0 saturated carbocycles. The van der Waals surface area contributed by atoms with Crippen LogP contribution < -0.4 is 14.4 Å². The van der Waals surface area contributed by atoms with Gasteiger partial charge in [-0.2, -0.15) is 0 Å². The molecule has 0 bridgehead atoms. The third-order valence-corrected chi connectivity index (χ3v) is 4.54. The van der Waals surface area contributed by atoms with Gasteiger partial charge in [-0.3, -0.25) is 9.59 Å². The molecule has 144 valence electrons. The number of esters is 1. The molecule has 2 amide bonds. The Kier molecular flexibility index (Phi) is 4.48. The second kappa shape index (κ2) is 7.12. The number of methoxy groups -OCH3 is 1. The number of rotatable bonds is 4. The smallest absolute Gasteiger partial charge is 0.347 e. The molecule has 7 nitrogen and oxygen atoms in total. The maximum Gasteiger partial charge on any atom is 0.347 e. The summed E-state index contributed by atoms with van der Waals surface area (Å²) in [6.45, 7) is 0. The zero-order valence-electron chi connectivity index (χ0n) is 15.3. The Labute approximate surface area is 165 Å². The van der Waals surface area contributed by atoms with Gasteiger partial charge in [0, 0.05) is 0 Å². The second-order valence-corrected chi connectivity index (χ2v) is 6.20. The average molecular weight is 389 g/mol. The Bertz CT molecular complexity index is 1120. The highest BCUT2D eigenvalue weighted by molar-refractivity contribution is 6.34. The molecule has 1 heterocycles. The van der Waals surface area contributed by atoms with E-state index >= 15 is 0 Å². The zero-order valence-corrected chi connectivity index (χ0v) is 15.3. The third kappa shape index (κ3) is 2.98. The van der Waals surface area contributed by atoms with Crippen LogP contribution in [0.3, 0.4) is 0 Å². The molecule has 0 fully saturated rings. The minimum atomic E-state index is -0.856. The largest absolute Gasteiger partial charge is 0.504 e. The Morgan fingerprint density at radius 2 is 1.41 bits per heavy atom. The fourth-order valence-corrected chi connectivity index (χ4v) is 3.14. The van der Waals surface area contributed by atoms with Gasteiger partial charge in [-0.25, -0.2) is 9.69 Å². The molecular weight excluding hydrogens is 374 g/mol. The Hall–Kier alpha value is -4.13. The van der Waals surface area contributed by atoms with E-state index in [1.807, 2.05) is 0 Å². The summed E-state index contributed by atoms with van der Waals surface area (Å²) in [5.74, 6) is -2.09. The van der Waals surface area contributed by atoms with Crippen LogP contribution in [0, 0.1) is 0 Å². The quantitative estimate of drug-likeness (QED) is 0.418. The van der Waals surface area contributed by atoms with E-state index in [1.165, 1.54) is 37.4 Å². The first-order valence-corrected chi connectivity index (χ1v) is 8.68. The third-order valence-electron chi connectivity index (χ3n) is 4.54. The van der Waals surface area contributed by atoms with Crippen LogP contribution in [0.15, 0.2) is 66.7 Å². The van der Waals surface area contributed by atoms with Crippen LogP contribution in [0.25, 0.3) is 0 Å². The van der Waals surface area contributed by atoms with Crippen LogP contribution in [-0.4, -0.2) is 30.0 Å². The molecule has 0 aliphatic carbocycles. The molecule has 29 heavy (non-hydrogen) atoms. The first-order valence-electron chi connectivity index (χ1n) is 8.68. The molecule has 0 atom stereocenters. The van der Waals surface area contributed by atoms with Gasteiger partial charge in [0.05, 0.1) is 23.9 Å². The highest BCUT2D eigenvalue weighted by atomic mass is 16.5. The first kappa shape index (κ1) is 18.2. The Balaban J connectivity index is 1.70. The van der Waals surface area contributed by atoms with E-state index in [0.717, 1.165) is 4.90 Å². The number of hydrogen-bond donors (Lipinski definition) is 1. The number of hydrogen-bond acceptors (Lipinski definition) is 6. The number of phenols is 1. The van der Waals surface area contributed by atoms with Gasteiger partial charge in [-0.15, -0.1) is 0 Å². The van der Waals surface area contributed by atoms with Crippen molar-refractivity contribution in [2.24, 2.45) is 0 Å². The summed E-state index contributed by atoms with van der Waals surface area (Å²) in [4.78, 5) is 39.1. The number of phenolic OH excluding ortho intramolecular Hbond substituents is 1. The lowest BCUT2D eigenvalue weighted by molar-refractivity contribution is 0.0728. The monoisotopic (exact) mass is 389 g/mol. The standard InChI is InChI=1S/C22H15NO6/c1-28-18-12-6-9-15(19(18)24)22(27)29-17-11-5-4-10-16(17)23-20(25)13-7-2-3-8-14(13)21(23)26/h2-12,24H,1H3. The number of carbonyl (C=O) groups excluding carboxylic acids is 3. The van der Waals surface area contributed by atoms with Crippen molar-refractivity contribution in [1.29, 1.82) is 0 Å². The number of carbonyl (C=O) groups is 3. The molecule has 1 N–H and O–H groups in total. The van der Waals surface area contributed by atoms with Gasteiger partial charge < -0.3 is 14.6 Å². The molecule has 7 heteroatoms. The van der Waals surface area contributed by atoms with Gasteiger partial charge in [0.1, 0.15) is 5.56 Å². The van der Waals surface area contributed by atoms with E-state index in [-0.39, 0.29) is 39.6 Å². The molecule has 1 aliphatic rings. The first-order chi connectivity index (χ1) is 14.0. The van der Waals surface area contributed by atoms with Gasteiger partial charge >= 0.3 is 5.97 Å². The summed E-state index contributed by atoms with van der Waals surface area (Å²) in [6, 6.07) is 17.1. The molecule has 0 unspecified atom stereocenters. The number of para-hydroxylation sites is 3. The normalized spacial score (nSPS) is 12.7. The van der Waals surface area contributed by atoms with Crippen LogP contribution in [0.2, 0.25) is 0 Å². The maximum atomic E-state index is 12.8. The van der Waals surface area contributed by atoms with Crippen molar-refractivity contribution in [1.82, 2.24) is 0 Å². The van der Waals surface area contributed by atoms with E-state index in [9.17, 15) is 19.5 Å². The molecule has 0 saturated heterocycles. The topological polar surface area (TPSA) is 93.1 Å². The number of imide groups is 1. The van der Waals surface area contributed by atoms with E-state index < -0.39 is 17.8 Å². The van der Waals surface area contributed by atoms with E-state index in [2.05, 4.69) is 0 Å². The minimum absolute atomic E-state index is 0.00854. The van der Waals surface area contributed by atoms with Gasteiger partial charge in [0.2, 0.25) is 0 Å². The summed E-state index contributed by atoms with van der Waals surface area (Å²) in [5.41, 5.74) is 0.587. The number of aromatic hydroxyl groups is 1. The van der Waals surface area contributed by atoms with Crippen LogP contribution in [0.5, 0.6) is 17.2 Å². The van der Waals surface area contributed by atoms with Crippen molar-refractivity contribution in [2.45, 2.75) is 0 Å². The fraction of sp³-hybridized carbons (Fsp3) is 0.0455. The van der Waals surface area contributed by atoms with Crippen molar-refractivity contribution in [2.75, 3.05) is 12.0 Å². The van der Waals surface area contributed by atoms with Gasteiger partial charge in [-0.05, 0) is 36.4 Å². The van der Waals surface area contributed by atoms with Crippen molar-refractivity contribution in [3.05, 3.63) is 83.4 Å². The van der Waals surface area contributed by atoms with Crippen LogP contribution in [0.1, 0.15) is 31.1 Å². The van der Waals surface area contributed by atoms with Crippen molar-refractivity contribution < 1.29 is 29.0 Å². The lowest BCUT2D eigenvalue weighted by atomic mass is 10.1. The lowest BCUT2D eigenvalue weighted by Crippen LogP contribution is -2.30. The molecule has 3 aromatic rings. The Morgan fingerprint density at radius 3 is 2.07 bits per heavy atom. The number of fused-ring (bicyclic) bond motifs is 1. The number of ether oxygens (including phenoxy) is 2. The van der Waals surface area contributed by atoms with Crippen molar-refractivity contribution in [3.8, 4) is 17.2 Å². The van der Waals surface area contributed by atoms with Crippen LogP contribution in [0.4, 0.5) is 5.69 Å². The predicted molar refractivity (Wildman–Crippen MR) is 104 cm³/mol. The van der Waals surface area contributed by atoms with Gasteiger partial charge in [0.25, 0.3) is 11.8 Å². The van der Waals surface area contributed by atoms with Crippen molar-refractivity contribution in [3.63, 3.8) is 0 Å². The van der Waals surface area contributed by atoms with Crippen molar-refractivity contribution >= 4 is 23.5 Å². The van der Waals surface area contributed by atoms with Crippen LogP contribution in [-0.2, 0) is 0 Å². The fourth-order valence-electron chi connectivity index (χ4n) is 3.14. The molecule has 1 aliphatic heterocycles. The summed E-state index contributed by atoms with van der Waals surface area (Å²) < 4.78 is 10.4. The maximum absolute atomic E-state index is 12.8. The van der Waals surface area contributed by atoms with E-state index in [1.54, 1.807) is 36.4 Å². The molecule has 3 aromatic carbocycles. The second-order valence-electron chi connectivity index (χ2n) is 6.20. The molecule has 0 spiro atoms. The molecular formula is C22H15NO6. The number of anilines is 1. The Morgan fingerprint density at radius 1 is 0.828 bits per heavy atom. The summed E-state index contributed by atoms with van der Waals surface area (Å²) >= 11 is 0. The molecule has 4 rings (SSSR count). The van der Waals surface area contributed by atoms with E-state index in [4.69, 9.17) is 9.47 Å². The van der Waals surface area contributed by atoms with E-state index in [0.29, 0.717) is 0 Å². The predicted octanol–water partition coefficient (Wildman–Crippen LogP) is 3.42. The highest BCUT2D eigenvalue weighted by Crippen LogP contribution is 2.36.